The first-order chi connectivity index (χ1) is 9.09. The van der Waals surface area contributed by atoms with Crippen LogP contribution in [-0.2, 0) is 9.59 Å². The Morgan fingerprint density at radius 1 is 1.16 bits per heavy atom. The zero-order valence-corrected chi connectivity index (χ0v) is 11.6. The van der Waals surface area contributed by atoms with Crippen molar-refractivity contribution in [2.45, 2.75) is 44.6 Å². The number of hydrogen-bond donors (Lipinski definition) is 2. The summed E-state index contributed by atoms with van der Waals surface area (Å²) in [5.74, 6) is -1.71. The molecule has 19 heavy (non-hydrogen) atoms. The lowest BCUT2D eigenvalue weighted by Crippen LogP contribution is -2.44. The van der Waals surface area contributed by atoms with Gasteiger partial charge in [0.15, 0.2) is 0 Å². The highest BCUT2D eigenvalue weighted by Crippen LogP contribution is 2.30. The van der Waals surface area contributed by atoms with Gasteiger partial charge >= 0.3 is 5.97 Å². The van der Waals surface area contributed by atoms with E-state index in [1.165, 1.54) is 6.42 Å². The van der Waals surface area contributed by atoms with Crippen LogP contribution in [-0.4, -0.2) is 48.1 Å². The molecule has 1 saturated heterocycles. The summed E-state index contributed by atoms with van der Waals surface area (Å²) in [5.41, 5.74) is 0. The molecule has 5 heteroatoms. The van der Waals surface area contributed by atoms with Gasteiger partial charge in [-0.05, 0) is 39.3 Å². The summed E-state index contributed by atoms with van der Waals surface area (Å²) in [6.07, 6.45) is 5.53. The molecular formula is C14H24N2O3. The Kier molecular flexibility index (Phi) is 4.80. The summed E-state index contributed by atoms with van der Waals surface area (Å²) >= 11 is 0. The molecule has 108 valence electrons. The van der Waals surface area contributed by atoms with Crippen molar-refractivity contribution in [1.82, 2.24) is 10.2 Å². The average molecular weight is 268 g/mol. The van der Waals surface area contributed by atoms with Gasteiger partial charge < -0.3 is 15.3 Å². The molecule has 2 N–H and O–H groups in total. The Bertz CT molecular complexity index is 346. The molecule has 0 radical (unpaired) electrons. The maximum atomic E-state index is 12.2. The van der Waals surface area contributed by atoms with E-state index in [0.717, 1.165) is 25.8 Å². The summed E-state index contributed by atoms with van der Waals surface area (Å²) in [7, 11) is 2.07. The lowest BCUT2D eigenvalue weighted by atomic mass is 9.78. The van der Waals surface area contributed by atoms with E-state index in [1.807, 2.05) is 0 Å². The Hall–Kier alpha value is -1.10. The van der Waals surface area contributed by atoms with E-state index in [9.17, 15) is 14.7 Å². The second-order valence-corrected chi connectivity index (χ2v) is 5.86. The third-order valence-electron chi connectivity index (χ3n) is 4.60. The van der Waals surface area contributed by atoms with Gasteiger partial charge in [0, 0.05) is 12.6 Å². The van der Waals surface area contributed by atoms with Crippen molar-refractivity contribution in [3.63, 3.8) is 0 Å². The predicted octanol–water partition coefficient (Wildman–Crippen LogP) is 1.09. The third-order valence-corrected chi connectivity index (χ3v) is 4.60. The Balaban J connectivity index is 1.85. The first-order valence-electron chi connectivity index (χ1n) is 7.30. The molecule has 2 fully saturated rings. The molecule has 0 aromatic carbocycles. The highest BCUT2D eigenvalue weighted by Gasteiger charge is 2.36. The number of likely N-dealkylation sites (N-methyl/N-ethyl adjacent to an activating group) is 1. The maximum absolute atomic E-state index is 12.2. The molecule has 0 bridgehead atoms. The number of aliphatic carboxylic acids is 1. The highest BCUT2D eigenvalue weighted by molar-refractivity contribution is 5.84. The fraction of sp³-hybridized carbons (Fsp3) is 0.857. The Labute approximate surface area is 114 Å². The van der Waals surface area contributed by atoms with Crippen LogP contribution < -0.4 is 5.32 Å². The molecule has 2 aliphatic rings. The van der Waals surface area contributed by atoms with Gasteiger partial charge in [-0.1, -0.05) is 12.8 Å². The Morgan fingerprint density at radius 3 is 2.42 bits per heavy atom. The SMILES string of the molecule is CN1CCCC1CNC(=O)C1CCCCC1C(=O)O. The number of likely N-dealkylation sites (tertiary alicyclic amines) is 1. The topological polar surface area (TPSA) is 69.6 Å². The van der Waals surface area contributed by atoms with E-state index in [2.05, 4.69) is 17.3 Å². The van der Waals surface area contributed by atoms with Crippen LogP contribution in [0.3, 0.4) is 0 Å². The van der Waals surface area contributed by atoms with E-state index in [0.29, 0.717) is 25.4 Å². The van der Waals surface area contributed by atoms with Crippen molar-refractivity contribution in [2.24, 2.45) is 11.8 Å². The van der Waals surface area contributed by atoms with Crippen molar-refractivity contribution in [1.29, 1.82) is 0 Å². The number of carboxylic acid groups (broad SMARTS) is 1. The number of rotatable bonds is 4. The predicted molar refractivity (Wildman–Crippen MR) is 71.7 cm³/mol. The quantitative estimate of drug-likeness (QED) is 0.800. The number of carbonyl (C=O) groups excluding carboxylic acids is 1. The Morgan fingerprint density at radius 2 is 1.84 bits per heavy atom. The van der Waals surface area contributed by atoms with E-state index in [-0.39, 0.29) is 11.8 Å². The first-order valence-corrected chi connectivity index (χ1v) is 7.30. The maximum Gasteiger partial charge on any atom is 0.307 e. The second-order valence-electron chi connectivity index (χ2n) is 5.86. The van der Waals surface area contributed by atoms with Gasteiger partial charge in [0.2, 0.25) is 5.91 Å². The van der Waals surface area contributed by atoms with Crippen LogP contribution in [0.5, 0.6) is 0 Å². The molecule has 0 aromatic rings. The summed E-state index contributed by atoms with van der Waals surface area (Å²) in [6.45, 7) is 1.74. The lowest BCUT2D eigenvalue weighted by molar-refractivity contribution is -0.148. The van der Waals surface area contributed by atoms with Crippen molar-refractivity contribution in [2.75, 3.05) is 20.1 Å². The molecular weight excluding hydrogens is 244 g/mol. The summed E-state index contributed by atoms with van der Waals surface area (Å²) in [5, 5.41) is 12.2. The van der Waals surface area contributed by atoms with Gasteiger partial charge in [-0.15, -0.1) is 0 Å². The van der Waals surface area contributed by atoms with Crippen molar-refractivity contribution < 1.29 is 14.7 Å². The van der Waals surface area contributed by atoms with E-state index in [4.69, 9.17) is 0 Å². The summed E-state index contributed by atoms with van der Waals surface area (Å²) in [6, 6.07) is 0.413. The number of hydrogen-bond acceptors (Lipinski definition) is 3. The molecule has 0 aromatic heterocycles. The number of nitrogens with zero attached hydrogens (tertiary/aromatic N) is 1. The molecule has 1 saturated carbocycles. The zero-order valence-electron chi connectivity index (χ0n) is 11.6. The van der Waals surface area contributed by atoms with Crippen LogP contribution in [0, 0.1) is 11.8 Å². The molecule has 2 rings (SSSR count). The zero-order chi connectivity index (χ0) is 13.8. The third kappa shape index (κ3) is 3.47. The molecule has 1 heterocycles. The van der Waals surface area contributed by atoms with Crippen LogP contribution in [0.25, 0.3) is 0 Å². The van der Waals surface area contributed by atoms with Gasteiger partial charge in [0.1, 0.15) is 0 Å². The lowest BCUT2D eigenvalue weighted by Gasteiger charge is -2.28. The van der Waals surface area contributed by atoms with Crippen molar-refractivity contribution in [3.8, 4) is 0 Å². The fourth-order valence-electron chi connectivity index (χ4n) is 3.33. The van der Waals surface area contributed by atoms with Crippen LogP contribution in [0.4, 0.5) is 0 Å². The van der Waals surface area contributed by atoms with E-state index in [1.54, 1.807) is 0 Å². The van der Waals surface area contributed by atoms with Crippen molar-refractivity contribution in [3.05, 3.63) is 0 Å². The summed E-state index contributed by atoms with van der Waals surface area (Å²) in [4.78, 5) is 25.6. The standard InChI is InChI=1S/C14H24N2O3/c1-16-8-4-5-10(16)9-15-13(17)11-6-2-3-7-12(11)14(18)19/h10-12H,2-9H2,1H3,(H,15,17)(H,18,19). The molecule has 1 aliphatic carbocycles. The van der Waals surface area contributed by atoms with Gasteiger partial charge in [-0.25, -0.2) is 0 Å². The van der Waals surface area contributed by atoms with Gasteiger partial charge in [-0.2, -0.15) is 0 Å². The van der Waals surface area contributed by atoms with Crippen molar-refractivity contribution >= 4 is 11.9 Å². The fourth-order valence-corrected chi connectivity index (χ4v) is 3.33. The monoisotopic (exact) mass is 268 g/mol. The van der Waals surface area contributed by atoms with Gasteiger partial charge in [-0.3, -0.25) is 9.59 Å². The molecule has 3 unspecified atom stereocenters. The molecule has 3 atom stereocenters. The van der Waals surface area contributed by atoms with Crippen LogP contribution in [0.1, 0.15) is 38.5 Å². The average Bonchev–Trinajstić information content (AvgIpc) is 2.81. The minimum Gasteiger partial charge on any atom is -0.481 e. The summed E-state index contributed by atoms with van der Waals surface area (Å²) < 4.78 is 0. The smallest absolute Gasteiger partial charge is 0.307 e. The number of carbonyl (C=O) groups is 2. The molecule has 1 amide bonds. The number of nitrogens with one attached hydrogen (secondary N) is 1. The molecule has 0 spiro atoms. The van der Waals surface area contributed by atoms with Gasteiger partial charge in [0.05, 0.1) is 11.8 Å². The normalized spacial score (nSPS) is 32.2. The van der Waals surface area contributed by atoms with Crippen LogP contribution in [0.2, 0.25) is 0 Å². The van der Waals surface area contributed by atoms with E-state index >= 15 is 0 Å². The minimum atomic E-state index is -0.821. The number of carboxylic acids is 1. The van der Waals surface area contributed by atoms with Crippen LogP contribution >= 0.6 is 0 Å². The second kappa shape index (κ2) is 6.37. The molecule has 5 nitrogen and oxygen atoms in total. The largest absolute Gasteiger partial charge is 0.481 e. The van der Waals surface area contributed by atoms with Gasteiger partial charge in [0.25, 0.3) is 0 Å². The first kappa shape index (κ1) is 14.3. The highest BCUT2D eigenvalue weighted by atomic mass is 16.4. The number of amides is 1. The minimum absolute atomic E-state index is 0.0626. The molecule has 1 aliphatic heterocycles. The van der Waals surface area contributed by atoms with Crippen LogP contribution in [0.15, 0.2) is 0 Å². The van der Waals surface area contributed by atoms with E-state index < -0.39 is 11.9 Å².